The molecule has 2 heterocycles. The normalized spacial score (nSPS) is 16.2. The molecule has 0 atom stereocenters. The third-order valence-corrected chi connectivity index (χ3v) is 3.61. The topological polar surface area (TPSA) is 70.2 Å². The third-order valence-electron chi connectivity index (χ3n) is 3.61. The number of aromatic nitrogens is 2. The van der Waals surface area contributed by atoms with Crippen LogP contribution in [0.3, 0.4) is 0 Å². The van der Waals surface area contributed by atoms with Crippen molar-refractivity contribution < 1.29 is 4.79 Å². The van der Waals surface area contributed by atoms with Gasteiger partial charge in [-0.15, -0.1) is 0 Å². The van der Waals surface area contributed by atoms with E-state index in [1.807, 2.05) is 19.4 Å². The van der Waals surface area contributed by atoms with E-state index in [-0.39, 0.29) is 5.91 Å². The molecule has 0 aliphatic carbocycles. The summed E-state index contributed by atoms with van der Waals surface area (Å²) in [5.41, 5.74) is 1.09. The highest BCUT2D eigenvalue weighted by atomic mass is 16.1. The van der Waals surface area contributed by atoms with Gasteiger partial charge in [0.15, 0.2) is 0 Å². The van der Waals surface area contributed by atoms with Crippen molar-refractivity contribution in [1.29, 1.82) is 0 Å². The van der Waals surface area contributed by atoms with Crippen LogP contribution in [0.15, 0.2) is 12.4 Å². The number of amides is 1. The molecule has 1 aromatic rings. The molecule has 1 fully saturated rings. The molecule has 1 aliphatic heterocycles. The van der Waals surface area contributed by atoms with E-state index in [0.29, 0.717) is 5.92 Å². The van der Waals surface area contributed by atoms with Gasteiger partial charge in [0.2, 0.25) is 11.9 Å². The Balaban J connectivity index is 1.82. The molecule has 110 valence electrons. The van der Waals surface area contributed by atoms with Gasteiger partial charge in [0.1, 0.15) is 0 Å². The van der Waals surface area contributed by atoms with E-state index in [4.69, 9.17) is 0 Å². The minimum absolute atomic E-state index is 0.0517. The average Bonchev–Trinajstić information content (AvgIpc) is 2.47. The van der Waals surface area contributed by atoms with Crippen LogP contribution >= 0.6 is 0 Å². The van der Waals surface area contributed by atoms with Gasteiger partial charge in [-0.2, -0.15) is 0 Å². The summed E-state index contributed by atoms with van der Waals surface area (Å²) in [6, 6.07) is 0. The highest BCUT2D eigenvalue weighted by Gasteiger charge is 2.20. The van der Waals surface area contributed by atoms with Crippen LogP contribution in [0.5, 0.6) is 0 Å². The smallest absolute Gasteiger partial charge is 0.225 e. The number of carbonyl (C=O) groups is 1. The van der Waals surface area contributed by atoms with Crippen LogP contribution in [0.4, 0.5) is 5.95 Å². The van der Waals surface area contributed by atoms with Crippen LogP contribution < -0.4 is 15.5 Å². The third kappa shape index (κ3) is 4.16. The summed E-state index contributed by atoms with van der Waals surface area (Å²) in [4.78, 5) is 22.0. The molecule has 1 amide bonds. The van der Waals surface area contributed by atoms with Crippen molar-refractivity contribution in [3.8, 4) is 0 Å². The van der Waals surface area contributed by atoms with Gasteiger partial charge in [-0.25, -0.2) is 9.97 Å². The van der Waals surface area contributed by atoms with E-state index in [1.54, 1.807) is 6.92 Å². The summed E-state index contributed by atoms with van der Waals surface area (Å²) in [5, 5.41) is 5.98. The van der Waals surface area contributed by atoms with Gasteiger partial charge in [-0.1, -0.05) is 0 Å². The van der Waals surface area contributed by atoms with Crippen molar-refractivity contribution in [2.24, 2.45) is 5.92 Å². The van der Waals surface area contributed by atoms with Gasteiger partial charge >= 0.3 is 0 Å². The summed E-state index contributed by atoms with van der Waals surface area (Å²) < 4.78 is 0. The van der Waals surface area contributed by atoms with Gasteiger partial charge in [0, 0.05) is 51.1 Å². The first-order valence-electron chi connectivity index (χ1n) is 7.14. The Bertz CT molecular complexity index is 426. The maximum absolute atomic E-state index is 10.9. The number of nitrogens with one attached hydrogen (secondary N) is 2. The molecule has 20 heavy (non-hydrogen) atoms. The minimum Gasteiger partial charge on any atom is -0.356 e. The van der Waals surface area contributed by atoms with E-state index in [0.717, 1.165) is 50.5 Å². The van der Waals surface area contributed by atoms with Crippen LogP contribution in [0.25, 0.3) is 0 Å². The van der Waals surface area contributed by atoms with Crippen molar-refractivity contribution in [3.05, 3.63) is 18.0 Å². The zero-order chi connectivity index (χ0) is 14.4. The number of piperidine rings is 1. The van der Waals surface area contributed by atoms with Crippen molar-refractivity contribution in [2.45, 2.75) is 26.3 Å². The van der Waals surface area contributed by atoms with Crippen LogP contribution in [-0.2, 0) is 11.3 Å². The highest BCUT2D eigenvalue weighted by Crippen LogP contribution is 2.19. The monoisotopic (exact) mass is 277 g/mol. The van der Waals surface area contributed by atoms with Crippen molar-refractivity contribution in [1.82, 2.24) is 20.6 Å². The molecular formula is C14H23N5O. The summed E-state index contributed by atoms with van der Waals surface area (Å²) in [6.45, 7) is 5.05. The Morgan fingerprint density at radius 2 is 2.00 bits per heavy atom. The number of hydrogen-bond acceptors (Lipinski definition) is 5. The largest absolute Gasteiger partial charge is 0.356 e. The van der Waals surface area contributed by atoms with Crippen molar-refractivity contribution in [2.75, 3.05) is 31.6 Å². The van der Waals surface area contributed by atoms with Gasteiger partial charge in [0.05, 0.1) is 0 Å². The van der Waals surface area contributed by atoms with Crippen LogP contribution in [0, 0.1) is 5.92 Å². The van der Waals surface area contributed by atoms with Gasteiger partial charge in [-0.05, 0) is 25.8 Å². The zero-order valence-electron chi connectivity index (χ0n) is 12.2. The predicted molar refractivity (Wildman–Crippen MR) is 78.4 cm³/mol. The predicted octanol–water partition coefficient (Wildman–Crippen LogP) is 0.549. The average molecular weight is 277 g/mol. The lowest BCUT2D eigenvalue weighted by Crippen LogP contribution is -2.39. The van der Waals surface area contributed by atoms with Crippen LogP contribution in [0.2, 0.25) is 0 Å². The maximum atomic E-state index is 10.9. The molecule has 0 bridgehead atoms. The van der Waals surface area contributed by atoms with Gasteiger partial charge < -0.3 is 15.5 Å². The first-order valence-corrected chi connectivity index (χ1v) is 7.14. The van der Waals surface area contributed by atoms with Crippen LogP contribution in [0.1, 0.15) is 25.3 Å². The fourth-order valence-corrected chi connectivity index (χ4v) is 2.43. The van der Waals surface area contributed by atoms with E-state index in [1.165, 1.54) is 0 Å². The number of anilines is 1. The molecule has 0 saturated carbocycles. The molecule has 0 aromatic carbocycles. The lowest BCUT2D eigenvalue weighted by molar-refractivity contribution is -0.119. The van der Waals surface area contributed by atoms with Crippen LogP contribution in [-0.4, -0.2) is 42.6 Å². The Labute approximate surface area is 120 Å². The Morgan fingerprint density at radius 3 is 2.55 bits per heavy atom. The lowest BCUT2D eigenvalue weighted by atomic mass is 9.97. The minimum atomic E-state index is 0.0517. The van der Waals surface area contributed by atoms with E-state index >= 15 is 0 Å². The van der Waals surface area contributed by atoms with Gasteiger partial charge in [-0.3, -0.25) is 4.79 Å². The van der Waals surface area contributed by atoms with E-state index < -0.39 is 0 Å². The van der Waals surface area contributed by atoms with E-state index in [9.17, 15) is 4.79 Å². The highest BCUT2D eigenvalue weighted by molar-refractivity contribution is 5.72. The molecule has 6 nitrogen and oxygen atoms in total. The Morgan fingerprint density at radius 1 is 1.35 bits per heavy atom. The standard InChI is InChI=1S/C14H23N5O/c1-11(20)16-8-12-3-5-19(6-4-12)14-17-9-13(7-15-2)10-18-14/h9-10,12,15H,3-8H2,1-2H3,(H,16,20). The van der Waals surface area contributed by atoms with E-state index in [2.05, 4.69) is 25.5 Å². The fraction of sp³-hybridized carbons (Fsp3) is 0.643. The SMILES string of the molecule is CNCc1cnc(N2CCC(CNC(C)=O)CC2)nc1. The second kappa shape index (κ2) is 7.19. The molecule has 1 aliphatic rings. The number of rotatable bonds is 5. The maximum Gasteiger partial charge on any atom is 0.225 e. The number of carbonyl (C=O) groups excluding carboxylic acids is 1. The van der Waals surface area contributed by atoms with Gasteiger partial charge in [0.25, 0.3) is 0 Å². The molecule has 0 radical (unpaired) electrons. The first-order chi connectivity index (χ1) is 9.69. The summed E-state index contributed by atoms with van der Waals surface area (Å²) in [5.74, 6) is 1.43. The fourth-order valence-electron chi connectivity index (χ4n) is 2.43. The molecule has 2 N–H and O–H groups in total. The molecule has 0 unspecified atom stereocenters. The molecule has 1 aromatic heterocycles. The second-order valence-electron chi connectivity index (χ2n) is 5.29. The molecule has 0 spiro atoms. The molecular weight excluding hydrogens is 254 g/mol. The number of nitrogens with zero attached hydrogens (tertiary/aromatic N) is 3. The zero-order valence-corrected chi connectivity index (χ0v) is 12.2. The quantitative estimate of drug-likeness (QED) is 0.822. The molecule has 1 saturated heterocycles. The molecule has 6 heteroatoms. The van der Waals surface area contributed by atoms with Crippen molar-refractivity contribution >= 4 is 11.9 Å². The lowest BCUT2D eigenvalue weighted by Gasteiger charge is -2.32. The van der Waals surface area contributed by atoms with Crippen molar-refractivity contribution in [3.63, 3.8) is 0 Å². The second-order valence-corrected chi connectivity index (χ2v) is 5.29. The summed E-state index contributed by atoms with van der Waals surface area (Å²) in [6.07, 6.45) is 5.90. The first kappa shape index (κ1) is 14.7. The summed E-state index contributed by atoms with van der Waals surface area (Å²) >= 11 is 0. The Hall–Kier alpha value is -1.69. The Kier molecular flexibility index (Phi) is 5.29. The summed E-state index contributed by atoms with van der Waals surface area (Å²) in [7, 11) is 1.91. The molecule has 2 rings (SSSR count). The number of hydrogen-bond donors (Lipinski definition) is 2.